The van der Waals surface area contributed by atoms with Gasteiger partial charge in [-0.05, 0) is 64.6 Å². The summed E-state index contributed by atoms with van der Waals surface area (Å²) in [6.45, 7) is 13.6. The van der Waals surface area contributed by atoms with E-state index in [1.54, 1.807) is 0 Å². The molecular formula is C15H30N2S. The Morgan fingerprint density at radius 2 is 2.28 bits per heavy atom. The molecule has 0 aliphatic carbocycles. The molecule has 2 heterocycles. The number of piperidine rings is 1. The fraction of sp³-hybridized carbons (Fsp3) is 1.00. The van der Waals surface area contributed by atoms with E-state index in [9.17, 15) is 0 Å². The van der Waals surface area contributed by atoms with Gasteiger partial charge in [0, 0.05) is 23.6 Å². The molecule has 3 heteroatoms. The van der Waals surface area contributed by atoms with Crippen molar-refractivity contribution in [3.05, 3.63) is 0 Å². The van der Waals surface area contributed by atoms with E-state index in [2.05, 4.69) is 42.7 Å². The summed E-state index contributed by atoms with van der Waals surface area (Å²) in [5.41, 5.74) is 0. The summed E-state index contributed by atoms with van der Waals surface area (Å²) in [5, 5.41) is 3.55. The van der Waals surface area contributed by atoms with Gasteiger partial charge in [0.15, 0.2) is 0 Å². The van der Waals surface area contributed by atoms with Gasteiger partial charge in [-0.15, -0.1) is 0 Å². The summed E-state index contributed by atoms with van der Waals surface area (Å²) in [5.74, 6) is 3.12. The summed E-state index contributed by atoms with van der Waals surface area (Å²) in [6, 6.07) is 0. The van der Waals surface area contributed by atoms with Crippen LogP contribution in [0.4, 0.5) is 0 Å². The van der Waals surface area contributed by atoms with E-state index in [0.29, 0.717) is 4.75 Å². The highest BCUT2D eigenvalue weighted by Gasteiger charge is 2.27. The first-order chi connectivity index (χ1) is 8.57. The van der Waals surface area contributed by atoms with Crippen molar-refractivity contribution in [2.24, 2.45) is 11.8 Å². The molecule has 2 unspecified atom stereocenters. The van der Waals surface area contributed by atoms with Crippen molar-refractivity contribution < 1.29 is 0 Å². The van der Waals surface area contributed by atoms with E-state index in [1.165, 1.54) is 57.7 Å². The topological polar surface area (TPSA) is 15.3 Å². The molecule has 0 radical (unpaired) electrons. The summed E-state index contributed by atoms with van der Waals surface area (Å²) in [7, 11) is 0. The van der Waals surface area contributed by atoms with Gasteiger partial charge in [-0.25, -0.2) is 0 Å². The van der Waals surface area contributed by atoms with Crippen LogP contribution in [0.25, 0.3) is 0 Å². The highest BCUT2D eigenvalue weighted by Crippen LogP contribution is 2.30. The molecule has 0 amide bonds. The first-order valence-electron chi connectivity index (χ1n) is 7.64. The molecule has 18 heavy (non-hydrogen) atoms. The number of hydrogen-bond donors (Lipinski definition) is 1. The quantitative estimate of drug-likeness (QED) is 0.846. The lowest BCUT2D eigenvalue weighted by Gasteiger charge is -2.38. The number of rotatable bonds is 4. The second-order valence-corrected chi connectivity index (χ2v) is 8.56. The van der Waals surface area contributed by atoms with Crippen LogP contribution < -0.4 is 5.32 Å². The van der Waals surface area contributed by atoms with Crippen LogP contribution in [-0.4, -0.2) is 48.1 Å². The van der Waals surface area contributed by atoms with E-state index < -0.39 is 0 Å². The molecule has 1 N–H and O–H groups in total. The third kappa shape index (κ3) is 4.43. The third-order valence-electron chi connectivity index (χ3n) is 4.55. The summed E-state index contributed by atoms with van der Waals surface area (Å²) >= 11 is 2.13. The normalized spacial score (nSPS) is 31.2. The van der Waals surface area contributed by atoms with E-state index >= 15 is 0 Å². The van der Waals surface area contributed by atoms with Crippen LogP contribution in [0.3, 0.4) is 0 Å². The number of nitrogens with zero attached hydrogens (tertiary/aromatic N) is 1. The minimum atomic E-state index is 0.466. The Bertz CT molecular complexity index is 249. The lowest BCUT2D eigenvalue weighted by atomic mass is 9.85. The minimum absolute atomic E-state index is 0.466. The van der Waals surface area contributed by atoms with Crippen LogP contribution in [0.1, 0.15) is 40.0 Å². The molecule has 2 aliphatic rings. The molecule has 0 bridgehead atoms. The predicted molar refractivity (Wildman–Crippen MR) is 82.4 cm³/mol. The minimum Gasteiger partial charge on any atom is -0.316 e. The van der Waals surface area contributed by atoms with Crippen LogP contribution in [0.15, 0.2) is 0 Å². The molecule has 0 aromatic rings. The van der Waals surface area contributed by atoms with Crippen molar-refractivity contribution in [1.29, 1.82) is 0 Å². The summed E-state index contributed by atoms with van der Waals surface area (Å²) in [6.07, 6.45) is 4.20. The second kappa shape index (κ2) is 6.62. The molecule has 0 aromatic heterocycles. The first kappa shape index (κ1) is 14.7. The van der Waals surface area contributed by atoms with E-state index in [-0.39, 0.29) is 0 Å². The Labute approximate surface area is 117 Å². The van der Waals surface area contributed by atoms with E-state index in [4.69, 9.17) is 0 Å². The van der Waals surface area contributed by atoms with E-state index in [1.807, 2.05) is 0 Å². The average molecular weight is 270 g/mol. The van der Waals surface area contributed by atoms with Crippen molar-refractivity contribution in [1.82, 2.24) is 10.2 Å². The van der Waals surface area contributed by atoms with Gasteiger partial charge in [0.2, 0.25) is 0 Å². The van der Waals surface area contributed by atoms with Gasteiger partial charge < -0.3 is 10.2 Å². The molecule has 2 fully saturated rings. The second-order valence-electron chi connectivity index (χ2n) is 6.76. The Morgan fingerprint density at radius 1 is 1.44 bits per heavy atom. The fourth-order valence-electron chi connectivity index (χ4n) is 3.29. The molecule has 2 rings (SSSR count). The van der Waals surface area contributed by atoms with Gasteiger partial charge in [0.05, 0.1) is 0 Å². The van der Waals surface area contributed by atoms with Crippen LogP contribution in [0.5, 0.6) is 0 Å². The number of nitrogens with one attached hydrogen (secondary N) is 1. The van der Waals surface area contributed by atoms with Crippen LogP contribution in [0, 0.1) is 11.8 Å². The first-order valence-corrected chi connectivity index (χ1v) is 8.62. The lowest BCUT2D eigenvalue weighted by Crippen LogP contribution is -2.44. The Kier molecular flexibility index (Phi) is 5.40. The van der Waals surface area contributed by atoms with Gasteiger partial charge in [0.1, 0.15) is 0 Å². The molecule has 2 atom stereocenters. The highest BCUT2D eigenvalue weighted by atomic mass is 32.2. The molecule has 2 aliphatic heterocycles. The zero-order valence-corrected chi connectivity index (χ0v) is 13.2. The third-order valence-corrected chi connectivity index (χ3v) is 5.84. The fourth-order valence-corrected chi connectivity index (χ4v) is 4.47. The molecular weight excluding hydrogens is 240 g/mol. The number of hydrogen-bond acceptors (Lipinski definition) is 3. The maximum absolute atomic E-state index is 3.55. The van der Waals surface area contributed by atoms with Gasteiger partial charge in [-0.2, -0.15) is 11.8 Å². The van der Waals surface area contributed by atoms with E-state index in [0.717, 1.165) is 11.8 Å². The van der Waals surface area contributed by atoms with Gasteiger partial charge in [0.25, 0.3) is 0 Å². The Morgan fingerprint density at radius 3 is 2.94 bits per heavy atom. The van der Waals surface area contributed by atoms with Crippen molar-refractivity contribution in [3.8, 4) is 0 Å². The SMILES string of the molecule is CC(CCN1CCSC(C)(C)C1)C1CCCNC1. The van der Waals surface area contributed by atoms with Crippen LogP contribution in [-0.2, 0) is 0 Å². The number of thioether (sulfide) groups is 1. The Hall–Kier alpha value is 0.270. The molecule has 0 spiro atoms. The van der Waals surface area contributed by atoms with Gasteiger partial charge in [-0.3, -0.25) is 0 Å². The maximum Gasteiger partial charge on any atom is 0.0231 e. The Balaban J connectivity index is 1.70. The molecule has 106 valence electrons. The van der Waals surface area contributed by atoms with Crippen molar-refractivity contribution >= 4 is 11.8 Å². The van der Waals surface area contributed by atoms with Crippen molar-refractivity contribution in [2.45, 2.75) is 44.8 Å². The standard InChI is InChI=1S/C15H30N2S/c1-13(14-5-4-7-16-11-14)6-8-17-9-10-18-15(2,3)12-17/h13-14,16H,4-12H2,1-3H3. The van der Waals surface area contributed by atoms with Crippen LogP contribution in [0.2, 0.25) is 0 Å². The zero-order valence-electron chi connectivity index (χ0n) is 12.4. The highest BCUT2D eigenvalue weighted by molar-refractivity contribution is 8.00. The molecule has 2 saturated heterocycles. The molecule has 2 nitrogen and oxygen atoms in total. The van der Waals surface area contributed by atoms with Crippen molar-refractivity contribution in [2.75, 3.05) is 38.5 Å². The van der Waals surface area contributed by atoms with Gasteiger partial charge in [-0.1, -0.05) is 6.92 Å². The summed E-state index contributed by atoms with van der Waals surface area (Å²) < 4.78 is 0.466. The smallest absolute Gasteiger partial charge is 0.0231 e. The largest absolute Gasteiger partial charge is 0.316 e. The van der Waals surface area contributed by atoms with Gasteiger partial charge >= 0.3 is 0 Å². The van der Waals surface area contributed by atoms with Crippen LogP contribution >= 0.6 is 11.8 Å². The summed E-state index contributed by atoms with van der Waals surface area (Å²) in [4.78, 5) is 2.68. The average Bonchev–Trinajstić information content (AvgIpc) is 2.36. The lowest BCUT2D eigenvalue weighted by molar-refractivity contribution is 0.206. The molecule has 0 aromatic carbocycles. The maximum atomic E-state index is 3.55. The zero-order chi connectivity index (χ0) is 13.0. The predicted octanol–water partition coefficient (Wildman–Crippen LogP) is 2.84. The molecule has 0 saturated carbocycles. The van der Waals surface area contributed by atoms with Crippen molar-refractivity contribution in [3.63, 3.8) is 0 Å². The monoisotopic (exact) mass is 270 g/mol.